The fraction of sp³-hybridized carbons (Fsp3) is 0.412. The first-order valence-electron chi connectivity index (χ1n) is 7.66. The Morgan fingerprint density at radius 3 is 2.50 bits per heavy atom. The van der Waals surface area contributed by atoms with Gasteiger partial charge in [0.05, 0.1) is 18.0 Å². The topological polar surface area (TPSA) is 50.4 Å². The van der Waals surface area contributed by atoms with E-state index in [-0.39, 0.29) is 6.61 Å². The monoisotopic (exact) mass is 313 g/mol. The van der Waals surface area contributed by atoms with Crippen LogP contribution in [0.5, 0.6) is 0 Å². The molecule has 0 radical (unpaired) electrons. The number of rotatable bonds is 3. The lowest BCUT2D eigenvalue weighted by Gasteiger charge is -2.10. The molecule has 5 heteroatoms. The SMILES string of the molecule is Cc1cc(C)c(-c2nc3sc(C4CC4)nn3c2CO)c(C)c1. The summed E-state index contributed by atoms with van der Waals surface area (Å²) in [4.78, 5) is 5.68. The summed E-state index contributed by atoms with van der Waals surface area (Å²) in [6.07, 6.45) is 2.46. The van der Waals surface area contributed by atoms with Crippen molar-refractivity contribution in [2.24, 2.45) is 0 Å². The summed E-state index contributed by atoms with van der Waals surface area (Å²) in [6, 6.07) is 4.33. The van der Waals surface area contributed by atoms with E-state index in [1.165, 1.54) is 29.5 Å². The predicted molar refractivity (Wildman–Crippen MR) is 88.4 cm³/mol. The van der Waals surface area contributed by atoms with Crippen LogP contribution in [0.25, 0.3) is 16.2 Å². The normalized spacial score (nSPS) is 14.9. The van der Waals surface area contributed by atoms with E-state index in [0.717, 1.165) is 26.9 Å². The van der Waals surface area contributed by atoms with Gasteiger partial charge in [-0.2, -0.15) is 5.10 Å². The maximum Gasteiger partial charge on any atom is 0.213 e. The van der Waals surface area contributed by atoms with Gasteiger partial charge in [-0.25, -0.2) is 9.50 Å². The summed E-state index contributed by atoms with van der Waals surface area (Å²) in [7, 11) is 0. The van der Waals surface area contributed by atoms with Crippen molar-refractivity contribution in [1.29, 1.82) is 0 Å². The highest BCUT2D eigenvalue weighted by atomic mass is 32.1. The first kappa shape index (κ1) is 13.9. The molecule has 1 fully saturated rings. The van der Waals surface area contributed by atoms with Crippen molar-refractivity contribution in [1.82, 2.24) is 14.6 Å². The number of aryl methyl sites for hydroxylation is 3. The molecule has 22 heavy (non-hydrogen) atoms. The van der Waals surface area contributed by atoms with Gasteiger partial charge in [0.2, 0.25) is 4.96 Å². The molecule has 0 atom stereocenters. The Morgan fingerprint density at radius 2 is 1.91 bits per heavy atom. The van der Waals surface area contributed by atoms with Crippen LogP contribution in [0.1, 0.15) is 46.2 Å². The molecule has 1 N–H and O–H groups in total. The number of hydrogen-bond acceptors (Lipinski definition) is 4. The molecular formula is C17H19N3OS. The molecule has 0 unspecified atom stereocenters. The van der Waals surface area contributed by atoms with Crippen molar-refractivity contribution in [2.75, 3.05) is 0 Å². The highest BCUT2D eigenvalue weighted by molar-refractivity contribution is 7.16. The third kappa shape index (κ3) is 2.08. The van der Waals surface area contributed by atoms with Crippen molar-refractivity contribution in [3.05, 3.63) is 39.5 Å². The van der Waals surface area contributed by atoms with Gasteiger partial charge in [-0.1, -0.05) is 29.0 Å². The van der Waals surface area contributed by atoms with E-state index in [2.05, 4.69) is 38.0 Å². The van der Waals surface area contributed by atoms with Crippen molar-refractivity contribution < 1.29 is 5.11 Å². The number of aromatic nitrogens is 3. The Bertz CT molecular complexity index is 851. The van der Waals surface area contributed by atoms with Crippen LogP contribution in [-0.2, 0) is 6.61 Å². The maximum absolute atomic E-state index is 9.87. The zero-order valence-corrected chi connectivity index (χ0v) is 13.9. The molecule has 2 aromatic heterocycles. The van der Waals surface area contributed by atoms with E-state index < -0.39 is 0 Å². The first-order chi connectivity index (χ1) is 10.6. The van der Waals surface area contributed by atoms with E-state index in [1.54, 1.807) is 11.3 Å². The minimum absolute atomic E-state index is 0.0445. The van der Waals surface area contributed by atoms with E-state index in [0.29, 0.717) is 5.92 Å². The Kier molecular flexibility index (Phi) is 3.09. The van der Waals surface area contributed by atoms with Crippen LogP contribution in [0.4, 0.5) is 0 Å². The number of aliphatic hydroxyl groups excluding tert-OH is 1. The Labute approximate surface area is 133 Å². The molecule has 1 aliphatic rings. The number of nitrogens with zero attached hydrogens (tertiary/aromatic N) is 3. The fourth-order valence-corrected chi connectivity index (χ4v) is 4.28. The molecule has 4 nitrogen and oxygen atoms in total. The first-order valence-corrected chi connectivity index (χ1v) is 8.47. The summed E-state index contributed by atoms with van der Waals surface area (Å²) >= 11 is 1.66. The average molecular weight is 313 g/mol. The van der Waals surface area contributed by atoms with Crippen LogP contribution in [0, 0.1) is 20.8 Å². The van der Waals surface area contributed by atoms with Gasteiger partial charge < -0.3 is 5.11 Å². The van der Waals surface area contributed by atoms with Gasteiger partial charge in [-0.15, -0.1) is 0 Å². The van der Waals surface area contributed by atoms with Crippen molar-refractivity contribution in [3.8, 4) is 11.3 Å². The van der Waals surface area contributed by atoms with Gasteiger partial charge in [0.1, 0.15) is 5.01 Å². The minimum atomic E-state index is -0.0445. The molecule has 0 spiro atoms. The molecule has 114 valence electrons. The van der Waals surface area contributed by atoms with Crippen LogP contribution in [-0.4, -0.2) is 19.7 Å². The van der Waals surface area contributed by atoms with Crippen molar-refractivity contribution in [2.45, 2.75) is 46.1 Å². The maximum atomic E-state index is 9.87. The zero-order valence-electron chi connectivity index (χ0n) is 13.1. The number of imidazole rings is 1. The molecule has 0 saturated heterocycles. The largest absolute Gasteiger partial charge is 0.390 e. The van der Waals surface area contributed by atoms with Gasteiger partial charge in [0.25, 0.3) is 0 Å². The fourth-order valence-electron chi connectivity index (χ4n) is 3.20. The number of fused-ring (bicyclic) bond motifs is 1. The van der Waals surface area contributed by atoms with E-state index in [1.807, 2.05) is 4.52 Å². The third-order valence-electron chi connectivity index (χ3n) is 4.30. The Morgan fingerprint density at radius 1 is 1.23 bits per heavy atom. The van der Waals surface area contributed by atoms with Crippen LogP contribution < -0.4 is 0 Å². The third-order valence-corrected chi connectivity index (χ3v) is 5.37. The van der Waals surface area contributed by atoms with Crippen LogP contribution in [0.15, 0.2) is 12.1 Å². The van der Waals surface area contributed by atoms with Gasteiger partial charge >= 0.3 is 0 Å². The lowest BCUT2D eigenvalue weighted by Crippen LogP contribution is -1.98. The van der Waals surface area contributed by atoms with Crippen molar-refractivity contribution in [3.63, 3.8) is 0 Å². The number of benzene rings is 1. The molecule has 3 aromatic rings. The highest BCUT2D eigenvalue weighted by Crippen LogP contribution is 2.42. The molecule has 1 aromatic carbocycles. The van der Waals surface area contributed by atoms with Gasteiger partial charge in [-0.3, -0.25) is 0 Å². The van der Waals surface area contributed by atoms with Crippen LogP contribution in [0.2, 0.25) is 0 Å². The lowest BCUT2D eigenvalue weighted by atomic mass is 9.96. The molecule has 4 rings (SSSR count). The standard InChI is InChI=1S/C17H19N3OS/c1-9-6-10(2)14(11(3)7-9)15-13(8-21)20-17(18-15)22-16(19-20)12-4-5-12/h6-7,12,21H,4-5,8H2,1-3H3. The number of aliphatic hydroxyl groups is 1. The Hall–Kier alpha value is -1.72. The van der Waals surface area contributed by atoms with E-state index in [4.69, 9.17) is 4.98 Å². The quantitative estimate of drug-likeness (QED) is 0.801. The van der Waals surface area contributed by atoms with Crippen LogP contribution in [0.3, 0.4) is 0 Å². The Balaban J connectivity index is 1.93. The highest BCUT2D eigenvalue weighted by Gasteiger charge is 2.29. The summed E-state index contributed by atoms with van der Waals surface area (Å²) in [5, 5.41) is 15.7. The number of hydrogen-bond donors (Lipinski definition) is 1. The molecule has 0 aliphatic heterocycles. The van der Waals surface area contributed by atoms with E-state index in [9.17, 15) is 5.11 Å². The summed E-state index contributed by atoms with van der Waals surface area (Å²) in [6.45, 7) is 6.27. The van der Waals surface area contributed by atoms with E-state index >= 15 is 0 Å². The van der Waals surface area contributed by atoms with Crippen molar-refractivity contribution >= 4 is 16.3 Å². The summed E-state index contributed by atoms with van der Waals surface area (Å²) < 4.78 is 1.84. The molecule has 1 saturated carbocycles. The summed E-state index contributed by atoms with van der Waals surface area (Å²) in [5.41, 5.74) is 6.44. The van der Waals surface area contributed by atoms with Crippen LogP contribution >= 0.6 is 11.3 Å². The second-order valence-corrected chi connectivity index (χ2v) is 7.24. The molecule has 1 aliphatic carbocycles. The average Bonchev–Trinajstić information content (AvgIpc) is 3.12. The predicted octanol–water partition coefficient (Wildman–Crippen LogP) is 3.75. The molecule has 2 heterocycles. The second-order valence-electron chi connectivity index (χ2n) is 6.25. The molecule has 0 bridgehead atoms. The van der Waals surface area contributed by atoms with Gasteiger partial charge in [0, 0.05) is 11.5 Å². The minimum Gasteiger partial charge on any atom is -0.390 e. The molecule has 0 amide bonds. The van der Waals surface area contributed by atoms with Gasteiger partial charge in [0.15, 0.2) is 0 Å². The molecular weight excluding hydrogens is 294 g/mol. The second kappa shape index (κ2) is 4.89. The summed E-state index contributed by atoms with van der Waals surface area (Å²) in [5.74, 6) is 0.615. The zero-order chi connectivity index (χ0) is 15.4. The smallest absolute Gasteiger partial charge is 0.213 e. The lowest BCUT2D eigenvalue weighted by molar-refractivity contribution is 0.275. The van der Waals surface area contributed by atoms with Gasteiger partial charge in [-0.05, 0) is 44.7 Å².